The van der Waals surface area contributed by atoms with Gasteiger partial charge in [-0.05, 0) is 44.0 Å². The molecule has 0 saturated carbocycles. The minimum atomic E-state index is -0.940. The van der Waals surface area contributed by atoms with Gasteiger partial charge in [0.15, 0.2) is 5.58 Å². The van der Waals surface area contributed by atoms with E-state index < -0.39 is 11.7 Å². The van der Waals surface area contributed by atoms with Crippen LogP contribution in [0.3, 0.4) is 0 Å². The van der Waals surface area contributed by atoms with E-state index in [1.807, 2.05) is 38.1 Å². The number of methoxy groups -OCH3 is 1. The van der Waals surface area contributed by atoms with Gasteiger partial charge in [-0.1, -0.05) is 12.1 Å². The normalized spacial score (nSPS) is 12.4. The fraction of sp³-hybridized carbons (Fsp3) is 0.333. The summed E-state index contributed by atoms with van der Waals surface area (Å²) in [7, 11) is 1.63. The second-order valence-corrected chi connectivity index (χ2v) is 7.37. The minimum Gasteiger partial charge on any atom is -0.508 e. The van der Waals surface area contributed by atoms with Crippen molar-refractivity contribution >= 4 is 23.5 Å². The molecule has 2 aromatic carbocycles. The van der Waals surface area contributed by atoms with Crippen LogP contribution in [-0.4, -0.2) is 34.4 Å². The SMILES string of the molecule is COc1ccc(CC(C)(C)NC[C@H](O)c2cc(O)cc3oc(=O)cnc23)cc1.Cl. The molecule has 3 rings (SSSR count). The number of ether oxygens (including phenoxy) is 1. The molecular formula is C21H25ClN2O5. The topological polar surface area (TPSA) is 105 Å². The Morgan fingerprint density at radius 1 is 1.24 bits per heavy atom. The zero-order valence-corrected chi connectivity index (χ0v) is 17.3. The molecule has 0 saturated heterocycles. The lowest BCUT2D eigenvalue weighted by Gasteiger charge is -2.28. The number of nitrogens with zero attached hydrogens (tertiary/aromatic N) is 1. The van der Waals surface area contributed by atoms with E-state index in [1.54, 1.807) is 7.11 Å². The quantitative estimate of drug-likeness (QED) is 0.539. The van der Waals surface area contributed by atoms with Gasteiger partial charge < -0.3 is 24.7 Å². The molecule has 0 spiro atoms. The summed E-state index contributed by atoms with van der Waals surface area (Å²) in [6.45, 7) is 4.33. The zero-order chi connectivity index (χ0) is 20.3. The number of hydrogen-bond donors (Lipinski definition) is 3. The number of nitrogens with one attached hydrogen (secondary N) is 1. The summed E-state index contributed by atoms with van der Waals surface area (Å²) >= 11 is 0. The Hall–Kier alpha value is -2.61. The average Bonchev–Trinajstić information content (AvgIpc) is 2.65. The van der Waals surface area contributed by atoms with Gasteiger partial charge in [0.1, 0.15) is 23.2 Å². The Bertz CT molecular complexity index is 1020. The third-order valence-electron chi connectivity index (χ3n) is 4.54. The molecule has 0 bridgehead atoms. The third-order valence-corrected chi connectivity index (χ3v) is 4.54. The van der Waals surface area contributed by atoms with Gasteiger partial charge in [-0.25, -0.2) is 9.78 Å². The van der Waals surface area contributed by atoms with E-state index in [9.17, 15) is 15.0 Å². The van der Waals surface area contributed by atoms with Crippen molar-refractivity contribution in [1.82, 2.24) is 10.3 Å². The summed E-state index contributed by atoms with van der Waals surface area (Å²) in [5, 5.41) is 23.9. The van der Waals surface area contributed by atoms with E-state index >= 15 is 0 Å². The number of aliphatic hydroxyl groups is 1. The van der Waals surface area contributed by atoms with Crippen molar-refractivity contribution < 1.29 is 19.4 Å². The van der Waals surface area contributed by atoms with Gasteiger partial charge in [0.05, 0.1) is 13.2 Å². The number of phenolic OH excluding ortho intramolecular Hbond substituents is 1. The molecule has 0 aliphatic heterocycles. The molecule has 1 aromatic heterocycles. The lowest BCUT2D eigenvalue weighted by atomic mass is 9.94. The zero-order valence-electron chi connectivity index (χ0n) is 16.5. The Balaban J connectivity index is 0.00000300. The Labute approximate surface area is 174 Å². The molecule has 0 unspecified atom stereocenters. The van der Waals surface area contributed by atoms with Crippen molar-refractivity contribution in [3.8, 4) is 11.5 Å². The molecule has 3 aromatic rings. The molecule has 0 fully saturated rings. The van der Waals surface area contributed by atoms with Crippen LogP contribution in [-0.2, 0) is 6.42 Å². The Morgan fingerprint density at radius 2 is 1.93 bits per heavy atom. The van der Waals surface area contributed by atoms with E-state index in [0.29, 0.717) is 11.1 Å². The highest BCUT2D eigenvalue weighted by atomic mass is 35.5. The number of aliphatic hydroxyl groups excluding tert-OH is 1. The molecular weight excluding hydrogens is 396 g/mol. The standard InChI is InChI=1S/C21H24N2O5.ClH/c1-21(2,10-13-4-6-15(27-3)7-5-13)23-11-17(25)16-8-14(24)9-18-20(16)22-12-19(26)28-18;/h4-9,12,17,23-25H,10-11H2,1-3H3;1H/t17-;/m0./s1. The number of rotatable bonds is 7. The van der Waals surface area contributed by atoms with Crippen LogP contribution in [0.15, 0.2) is 51.8 Å². The summed E-state index contributed by atoms with van der Waals surface area (Å²) in [4.78, 5) is 15.4. The number of halogens is 1. The fourth-order valence-electron chi connectivity index (χ4n) is 3.14. The number of aromatic nitrogens is 1. The van der Waals surface area contributed by atoms with Gasteiger partial charge in [0.25, 0.3) is 0 Å². The lowest BCUT2D eigenvalue weighted by molar-refractivity contribution is 0.161. The van der Waals surface area contributed by atoms with Crippen LogP contribution in [0.5, 0.6) is 11.5 Å². The van der Waals surface area contributed by atoms with E-state index in [4.69, 9.17) is 9.15 Å². The predicted octanol–water partition coefficient (Wildman–Crippen LogP) is 2.97. The number of benzene rings is 2. The number of β-amino-alcohol motifs (C(OH)–C–C–N with tert-alkyl or cyclic N) is 1. The first-order chi connectivity index (χ1) is 13.3. The van der Waals surface area contributed by atoms with Gasteiger partial charge in [0.2, 0.25) is 0 Å². The van der Waals surface area contributed by atoms with Crippen molar-refractivity contribution in [3.05, 3.63) is 64.1 Å². The van der Waals surface area contributed by atoms with Crippen LogP contribution < -0.4 is 15.7 Å². The third kappa shape index (κ3) is 5.69. The molecule has 0 aliphatic rings. The summed E-state index contributed by atoms with van der Waals surface area (Å²) in [5.74, 6) is 0.704. The molecule has 0 amide bonds. The van der Waals surface area contributed by atoms with Crippen molar-refractivity contribution in [2.75, 3.05) is 13.7 Å². The van der Waals surface area contributed by atoms with Crippen LogP contribution in [0.4, 0.5) is 0 Å². The minimum absolute atomic E-state index is 0. The molecule has 0 radical (unpaired) electrons. The molecule has 8 heteroatoms. The van der Waals surface area contributed by atoms with Crippen LogP contribution >= 0.6 is 12.4 Å². The molecule has 0 aliphatic carbocycles. The Morgan fingerprint density at radius 3 is 2.59 bits per heavy atom. The molecule has 7 nitrogen and oxygen atoms in total. The maximum Gasteiger partial charge on any atom is 0.354 e. The lowest BCUT2D eigenvalue weighted by Crippen LogP contribution is -2.43. The van der Waals surface area contributed by atoms with Crippen LogP contribution in [0.1, 0.15) is 31.1 Å². The van der Waals surface area contributed by atoms with Gasteiger partial charge in [0, 0.05) is 23.7 Å². The number of hydrogen-bond acceptors (Lipinski definition) is 7. The molecule has 156 valence electrons. The highest BCUT2D eigenvalue weighted by molar-refractivity contribution is 5.85. The summed E-state index contributed by atoms with van der Waals surface area (Å²) in [5.41, 5.74) is 1.11. The Kier molecular flexibility index (Phi) is 7.24. The highest BCUT2D eigenvalue weighted by Crippen LogP contribution is 2.27. The smallest absolute Gasteiger partial charge is 0.354 e. The van der Waals surface area contributed by atoms with E-state index in [-0.39, 0.29) is 35.8 Å². The maximum atomic E-state index is 11.4. The second kappa shape index (κ2) is 9.26. The number of aromatic hydroxyl groups is 1. The largest absolute Gasteiger partial charge is 0.508 e. The van der Waals surface area contributed by atoms with Crippen molar-refractivity contribution in [2.24, 2.45) is 0 Å². The van der Waals surface area contributed by atoms with Crippen molar-refractivity contribution in [2.45, 2.75) is 31.9 Å². The van der Waals surface area contributed by atoms with Crippen LogP contribution in [0, 0.1) is 0 Å². The molecule has 1 heterocycles. The predicted molar refractivity (Wildman–Crippen MR) is 113 cm³/mol. The van der Waals surface area contributed by atoms with Gasteiger partial charge in [-0.15, -0.1) is 12.4 Å². The molecule has 1 atom stereocenters. The average molecular weight is 421 g/mol. The van der Waals surface area contributed by atoms with Gasteiger partial charge in [-0.2, -0.15) is 0 Å². The van der Waals surface area contributed by atoms with Gasteiger partial charge >= 0.3 is 5.63 Å². The first kappa shape index (κ1) is 22.7. The van der Waals surface area contributed by atoms with E-state index in [1.165, 1.54) is 12.1 Å². The van der Waals surface area contributed by atoms with E-state index in [0.717, 1.165) is 23.9 Å². The number of fused-ring (bicyclic) bond motifs is 1. The fourth-order valence-corrected chi connectivity index (χ4v) is 3.14. The monoisotopic (exact) mass is 420 g/mol. The summed E-state index contributed by atoms with van der Waals surface area (Å²) in [6.07, 6.45) is 0.860. The first-order valence-electron chi connectivity index (χ1n) is 8.96. The molecule has 29 heavy (non-hydrogen) atoms. The number of phenols is 1. The van der Waals surface area contributed by atoms with Crippen LogP contribution in [0.2, 0.25) is 0 Å². The van der Waals surface area contributed by atoms with Crippen LogP contribution in [0.25, 0.3) is 11.1 Å². The maximum absolute atomic E-state index is 11.4. The van der Waals surface area contributed by atoms with Crippen molar-refractivity contribution in [1.29, 1.82) is 0 Å². The summed E-state index contributed by atoms with van der Waals surface area (Å²) in [6, 6.07) is 10.6. The first-order valence-corrected chi connectivity index (χ1v) is 8.96. The van der Waals surface area contributed by atoms with E-state index in [2.05, 4.69) is 10.3 Å². The molecule has 3 N–H and O–H groups in total. The summed E-state index contributed by atoms with van der Waals surface area (Å²) < 4.78 is 10.2. The highest BCUT2D eigenvalue weighted by Gasteiger charge is 2.22. The van der Waals surface area contributed by atoms with Crippen molar-refractivity contribution in [3.63, 3.8) is 0 Å². The second-order valence-electron chi connectivity index (χ2n) is 7.37. The van der Waals surface area contributed by atoms with Gasteiger partial charge in [-0.3, -0.25) is 0 Å².